The quantitative estimate of drug-likeness (QED) is 0.826. The first kappa shape index (κ1) is 19.2. The van der Waals surface area contributed by atoms with Crippen LogP contribution in [0.15, 0.2) is 54.6 Å². The fraction of sp³-hybridized carbons (Fsp3) is 0.250. The normalized spacial score (nSPS) is 10.2. The monoisotopic (exact) mass is 354 g/mol. The van der Waals surface area contributed by atoms with Gasteiger partial charge in [0.25, 0.3) is 11.8 Å². The van der Waals surface area contributed by atoms with Crippen LogP contribution in [0.4, 0.5) is 0 Å². The molecule has 0 aliphatic heterocycles. The number of amides is 2. The average molecular weight is 354 g/mol. The Labute approximate surface area is 152 Å². The highest BCUT2D eigenvalue weighted by molar-refractivity contribution is 6.00. The molecule has 6 heteroatoms. The standard InChI is InChI=1S/C20H22N2O4/c1-21(2)19(25)16-9-6-10-17(13-16)20(26)22(14-18(23)24)12-11-15-7-4-3-5-8-15/h3-10,13H,11-12,14H2,1-2H3,(H,23,24). The first-order chi connectivity index (χ1) is 12.4. The van der Waals surface area contributed by atoms with Crippen LogP contribution in [0.1, 0.15) is 26.3 Å². The summed E-state index contributed by atoms with van der Waals surface area (Å²) in [7, 11) is 3.26. The molecule has 0 radical (unpaired) electrons. The van der Waals surface area contributed by atoms with E-state index in [1.54, 1.807) is 32.3 Å². The molecule has 0 atom stereocenters. The van der Waals surface area contributed by atoms with Gasteiger partial charge in [0.1, 0.15) is 6.54 Å². The number of nitrogens with zero attached hydrogens (tertiary/aromatic N) is 2. The predicted molar refractivity (Wildman–Crippen MR) is 98.1 cm³/mol. The summed E-state index contributed by atoms with van der Waals surface area (Å²) in [6.07, 6.45) is 0.552. The largest absolute Gasteiger partial charge is 0.480 e. The van der Waals surface area contributed by atoms with Gasteiger partial charge in [0.15, 0.2) is 0 Å². The summed E-state index contributed by atoms with van der Waals surface area (Å²) in [5.74, 6) is -1.70. The van der Waals surface area contributed by atoms with Crippen molar-refractivity contribution in [1.82, 2.24) is 9.80 Å². The molecule has 2 aromatic rings. The second-order valence-electron chi connectivity index (χ2n) is 6.14. The first-order valence-electron chi connectivity index (χ1n) is 8.25. The average Bonchev–Trinajstić information content (AvgIpc) is 2.64. The molecule has 0 fully saturated rings. The third-order valence-corrected chi connectivity index (χ3v) is 3.89. The maximum absolute atomic E-state index is 12.8. The maximum Gasteiger partial charge on any atom is 0.323 e. The van der Waals surface area contributed by atoms with Gasteiger partial charge in [-0.25, -0.2) is 0 Å². The molecule has 2 amide bonds. The number of carbonyl (C=O) groups excluding carboxylic acids is 2. The van der Waals surface area contributed by atoms with E-state index in [4.69, 9.17) is 5.11 Å². The summed E-state index contributed by atoms with van der Waals surface area (Å²) >= 11 is 0. The van der Waals surface area contributed by atoms with E-state index < -0.39 is 18.4 Å². The zero-order chi connectivity index (χ0) is 19.1. The van der Waals surface area contributed by atoms with Gasteiger partial charge < -0.3 is 14.9 Å². The first-order valence-corrected chi connectivity index (χ1v) is 8.25. The van der Waals surface area contributed by atoms with Crippen molar-refractivity contribution in [2.75, 3.05) is 27.2 Å². The van der Waals surface area contributed by atoms with Crippen molar-refractivity contribution in [3.05, 3.63) is 71.3 Å². The molecular formula is C20H22N2O4. The van der Waals surface area contributed by atoms with E-state index in [2.05, 4.69) is 0 Å². The van der Waals surface area contributed by atoms with Gasteiger partial charge in [-0.1, -0.05) is 36.4 Å². The van der Waals surface area contributed by atoms with E-state index in [9.17, 15) is 14.4 Å². The summed E-state index contributed by atoms with van der Waals surface area (Å²) in [5, 5.41) is 9.14. The smallest absolute Gasteiger partial charge is 0.323 e. The van der Waals surface area contributed by atoms with Crippen LogP contribution in [0, 0.1) is 0 Å². The van der Waals surface area contributed by atoms with Crippen molar-refractivity contribution in [2.24, 2.45) is 0 Å². The van der Waals surface area contributed by atoms with Crippen molar-refractivity contribution in [3.63, 3.8) is 0 Å². The maximum atomic E-state index is 12.8. The number of carboxylic acid groups (broad SMARTS) is 1. The molecule has 0 spiro atoms. The Hall–Kier alpha value is -3.15. The minimum absolute atomic E-state index is 0.214. The van der Waals surface area contributed by atoms with Gasteiger partial charge in [0, 0.05) is 31.8 Å². The molecule has 136 valence electrons. The molecule has 1 N–H and O–H groups in total. The van der Waals surface area contributed by atoms with E-state index in [1.165, 1.54) is 15.9 Å². The van der Waals surface area contributed by atoms with E-state index >= 15 is 0 Å². The molecule has 0 saturated carbocycles. The van der Waals surface area contributed by atoms with Gasteiger partial charge in [-0.05, 0) is 30.2 Å². The summed E-state index contributed by atoms with van der Waals surface area (Å²) in [5.41, 5.74) is 1.71. The Morgan fingerprint density at radius 1 is 0.885 bits per heavy atom. The number of hydrogen-bond acceptors (Lipinski definition) is 3. The van der Waals surface area contributed by atoms with Crippen molar-refractivity contribution < 1.29 is 19.5 Å². The highest BCUT2D eigenvalue weighted by atomic mass is 16.4. The van der Waals surface area contributed by atoms with E-state index in [-0.39, 0.29) is 12.5 Å². The van der Waals surface area contributed by atoms with Crippen LogP contribution in [-0.2, 0) is 11.2 Å². The number of rotatable bonds is 7. The lowest BCUT2D eigenvalue weighted by molar-refractivity contribution is -0.137. The summed E-state index contributed by atoms with van der Waals surface area (Å²) < 4.78 is 0. The van der Waals surface area contributed by atoms with Crippen LogP contribution < -0.4 is 0 Å². The Morgan fingerprint density at radius 3 is 2.08 bits per heavy atom. The Kier molecular flexibility index (Phi) is 6.49. The number of carbonyl (C=O) groups is 3. The minimum Gasteiger partial charge on any atom is -0.480 e. The van der Waals surface area contributed by atoms with Crippen LogP contribution in [0.25, 0.3) is 0 Å². The summed E-state index contributed by atoms with van der Waals surface area (Å²) in [6, 6.07) is 15.9. The van der Waals surface area contributed by atoms with E-state index in [1.807, 2.05) is 30.3 Å². The fourth-order valence-electron chi connectivity index (χ4n) is 2.55. The van der Waals surface area contributed by atoms with Crippen LogP contribution in [0.3, 0.4) is 0 Å². The van der Waals surface area contributed by atoms with Crippen molar-refractivity contribution in [2.45, 2.75) is 6.42 Å². The molecule has 6 nitrogen and oxygen atoms in total. The molecule has 2 aromatic carbocycles. The molecule has 0 aliphatic carbocycles. The number of carboxylic acids is 1. The second kappa shape index (κ2) is 8.80. The minimum atomic E-state index is -1.08. The molecule has 0 aromatic heterocycles. The molecule has 0 bridgehead atoms. The topological polar surface area (TPSA) is 77.9 Å². The third kappa shape index (κ3) is 5.17. The summed E-state index contributed by atoms with van der Waals surface area (Å²) in [6.45, 7) is -0.113. The van der Waals surface area contributed by atoms with Crippen molar-refractivity contribution in [1.29, 1.82) is 0 Å². The molecule has 0 saturated heterocycles. The lowest BCUT2D eigenvalue weighted by Crippen LogP contribution is -2.37. The molecule has 0 unspecified atom stereocenters. The molecule has 0 heterocycles. The second-order valence-corrected chi connectivity index (χ2v) is 6.14. The van der Waals surface area contributed by atoms with Gasteiger partial charge >= 0.3 is 5.97 Å². The summed E-state index contributed by atoms with van der Waals surface area (Å²) in [4.78, 5) is 38.7. The Morgan fingerprint density at radius 2 is 1.50 bits per heavy atom. The third-order valence-electron chi connectivity index (χ3n) is 3.89. The van der Waals surface area contributed by atoms with Crippen LogP contribution in [0.5, 0.6) is 0 Å². The SMILES string of the molecule is CN(C)C(=O)c1cccc(C(=O)N(CCc2ccccc2)CC(=O)O)c1. The van der Waals surface area contributed by atoms with Gasteiger partial charge in [0.05, 0.1) is 0 Å². The van der Waals surface area contributed by atoms with Crippen LogP contribution in [0.2, 0.25) is 0 Å². The number of hydrogen-bond donors (Lipinski definition) is 1. The molecule has 26 heavy (non-hydrogen) atoms. The lowest BCUT2D eigenvalue weighted by Gasteiger charge is -2.21. The zero-order valence-electron chi connectivity index (χ0n) is 14.9. The Balaban J connectivity index is 2.19. The molecule has 0 aliphatic rings. The molecule has 2 rings (SSSR count). The van der Waals surface area contributed by atoms with E-state index in [0.717, 1.165) is 5.56 Å². The Bertz CT molecular complexity index is 787. The number of benzene rings is 2. The molecular weight excluding hydrogens is 332 g/mol. The zero-order valence-corrected chi connectivity index (χ0v) is 14.9. The number of aliphatic carboxylic acids is 1. The van der Waals surface area contributed by atoms with Gasteiger partial charge in [-0.2, -0.15) is 0 Å². The highest BCUT2D eigenvalue weighted by Gasteiger charge is 2.20. The van der Waals surface area contributed by atoms with Crippen LogP contribution in [-0.4, -0.2) is 59.9 Å². The predicted octanol–water partition coefficient (Wildman–Crippen LogP) is 2.16. The van der Waals surface area contributed by atoms with Gasteiger partial charge in [-0.3, -0.25) is 14.4 Å². The fourth-order valence-corrected chi connectivity index (χ4v) is 2.55. The van der Waals surface area contributed by atoms with Gasteiger partial charge in [0.2, 0.25) is 0 Å². The van der Waals surface area contributed by atoms with E-state index in [0.29, 0.717) is 17.5 Å². The van der Waals surface area contributed by atoms with Gasteiger partial charge in [-0.15, -0.1) is 0 Å². The van der Waals surface area contributed by atoms with Crippen molar-refractivity contribution in [3.8, 4) is 0 Å². The van der Waals surface area contributed by atoms with Crippen molar-refractivity contribution >= 4 is 17.8 Å². The highest BCUT2D eigenvalue weighted by Crippen LogP contribution is 2.11. The van der Waals surface area contributed by atoms with Crippen LogP contribution >= 0.6 is 0 Å². The lowest BCUT2D eigenvalue weighted by atomic mass is 10.1.